The number of guanidine groups is 2. The fraction of sp³-hybridized carbons (Fsp3) is 0.400. The van der Waals surface area contributed by atoms with E-state index in [9.17, 15) is 0 Å². The quantitative estimate of drug-likeness (QED) is 0.442. The zero-order valence-corrected chi connectivity index (χ0v) is 9.50. The van der Waals surface area contributed by atoms with Gasteiger partial charge in [-0.2, -0.15) is 0 Å². The topological polar surface area (TPSA) is 102 Å². The first-order valence-corrected chi connectivity index (χ1v) is 4.94. The van der Waals surface area contributed by atoms with E-state index in [0.717, 1.165) is 17.7 Å². The fourth-order valence-corrected chi connectivity index (χ4v) is 1.29. The van der Waals surface area contributed by atoms with E-state index in [1.807, 2.05) is 13.0 Å². The van der Waals surface area contributed by atoms with Crippen LogP contribution in [0.4, 0.5) is 0 Å². The van der Waals surface area contributed by atoms with Crippen LogP contribution >= 0.6 is 0 Å². The maximum atomic E-state index is 7.58. The minimum atomic E-state index is -0.226. The molecule has 88 valence electrons. The first kappa shape index (κ1) is 12.1. The van der Waals surface area contributed by atoms with E-state index in [4.69, 9.17) is 21.0 Å². The van der Waals surface area contributed by atoms with Gasteiger partial charge in [-0.25, -0.2) is 0 Å². The number of rotatable bonds is 3. The second kappa shape index (κ2) is 5.20. The van der Waals surface area contributed by atoms with Crippen molar-refractivity contribution >= 4 is 11.9 Å². The van der Waals surface area contributed by atoms with Crippen molar-refractivity contribution in [3.8, 4) is 0 Å². The Morgan fingerprint density at radius 1 is 1.56 bits per heavy atom. The third kappa shape index (κ3) is 3.30. The van der Waals surface area contributed by atoms with Crippen LogP contribution in [0.15, 0.2) is 16.7 Å². The Hall–Kier alpha value is -1.98. The highest BCUT2D eigenvalue weighted by atomic mass is 16.3. The lowest BCUT2D eigenvalue weighted by molar-refractivity contribution is 0.485. The normalized spacial score (nSPS) is 9.88. The highest BCUT2D eigenvalue weighted by molar-refractivity contribution is 5.94. The molecular formula is C10H17N5O. The summed E-state index contributed by atoms with van der Waals surface area (Å²) in [7, 11) is 1.77. The van der Waals surface area contributed by atoms with E-state index < -0.39 is 0 Å². The third-order valence-corrected chi connectivity index (χ3v) is 2.32. The Labute approximate surface area is 94.4 Å². The van der Waals surface area contributed by atoms with Gasteiger partial charge in [0.1, 0.15) is 5.76 Å². The van der Waals surface area contributed by atoms with Gasteiger partial charge in [-0.3, -0.25) is 16.1 Å². The molecule has 0 unspecified atom stereocenters. The summed E-state index contributed by atoms with van der Waals surface area (Å²) >= 11 is 0. The van der Waals surface area contributed by atoms with Gasteiger partial charge in [-0.1, -0.05) is 0 Å². The zero-order valence-electron chi connectivity index (χ0n) is 9.50. The number of nitrogens with zero attached hydrogens (tertiary/aromatic N) is 1. The van der Waals surface area contributed by atoms with Crippen molar-refractivity contribution in [1.29, 1.82) is 10.8 Å². The lowest BCUT2D eigenvalue weighted by Crippen LogP contribution is -2.44. The Kier molecular flexibility index (Phi) is 3.93. The Bertz CT molecular complexity index is 384. The van der Waals surface area contributed by atoms with Gasteiger partial charge in [-0.05, 0) is 25.0 Å². The summed E-state index contributed by atoms with van der Waals surface area (Å²) in [5, 5.41) is 17.0. The summed E-state index contributed by atoms with van der Waals surface area (Å²) in [4.78, 5) is 1.69. The minimum Gasteiger partial charge on any atom is -0.469 e. The van der Waals surface area contributed by atoms with Gasteiger partial charge in [0, 0.05) is 13.6 Å². The predicted molar refractivity (Wildman–Crippen MR) is 62.6 cm³/mol. The molecule has 0 atom stereocenters. The fourth-order valence-electron chi connectivity index (χ4n) is 1.29. The molecule has 0 amide bonds. The molecule has 1 aromatic heterocycles. The van der Waals surface area contributed by atoms with Gasteiger partial charge in [0.2, 0.25) is 0 Å². The van der Waals surface area contributed by atoms with E-state index in [1.165, 1.54) is 0 Å². The average Bonchev–Trinajstić information content (AvgIpc) is 2.59. The van der Waals surface area contributed by atoms with Crippen molar-refractivity contribution in [2.75, 3.05) is 13.6 Å². The van der Waals surface area contributed by atoms with E-state index >= 15 is 0 Å². The first-order chi connectivity index (χ1) is 7.50. The monoisotopic (exact) mass is 223 g/mol. The zero-order chi connectivity index (χ0) is 12.1. The highest BCUT2D eigenvalue weighted by Crippen LogP contribution is 2.09. The number of likely N-dealkylation sites (N-methyl/N-ethyl adjacent to an activating group) is 1. The molecule has 0 radical (unpaired) electrons. The molecule has 0 fully saturated rings. The number of hydrogen-bond acceptors (Lipinski definition) is 3. The molecule has 6 nitrogen and oxygen atoms in total. The van der Waals surface area contributed by atoms with Crippen molar-refractivity contribution < 1.29 is 4.42 Å². The molecule has 5 N–H and O–H groups in total. The molecule has 0 aliphatic rings. The second-order valence-corrected chi connectivity index (χ2v) is 3.56. The van der Waals surface area contributed by atoms with Crippen LogP contribution in [0.5, 0.6) is 0 Å². The van der Waals surface area contributed by atoms with Gasteiger partial charge >= 0.3 is 0 Å². The molecule has 1 aromatic rings. The van der Waals surface area contributed by atoms with Crippen molar-refractivity contribution in [3.63, 3.8) is 0 Å². The standard InChI is InChI=1S/C10H17N5O/c1-7-8(4-6-16-7)3-5-15(2)10(13)14-9(11)12/h4,6H,3,5H2,1-2H3,(H5,11,12,13,14). The lowest BCUT2D eigenvalue weighted by Gasteiger charge is -2.19. The number of aryl methyl sites for hydroxylation is 1. The van der Waals surface area contributed by atoms with E-state index in [-0.39, 0.29) is 11.9 Å². The summed E-state index contributed by atoms with van der Waals surface area (Å²) in [5.74, 6) is 0.796. The first-order valence-electron chi connectivity index (χ1n) is 4.94. The molecule has 0 saturated carbocycles. The third-order valence-electron chi connectivity index (χ3n) is 2.32. The van der Waals surface area contributed by atoms with Crippen molar-refractivity contribution in [2.24, 2.45) is 5.73 Å². The van der Waals surface area contributed by atoms with Crippen LogP contribution in [0.1, 0.15) is 11.3 Å². The maximum absolute atomic E-state index is 7.58. The molecule has 1 heterocycles. The predicted octanol–water partition coefficient (Wildman–Crippen LogP) is 0.480. The lowest BCUT2D eigenvalue weighted by atomic mass is 10.2. The Morgan fingerprint density at radius 2 is 2.25 bits per heavy atom. The van der Waals surface area contributed by atoms with E-state index in [0.29, 0.717) is 6.54 Å². The Morgan fingerprint density at radius 3 is 2.75 bits per heavy atom. The van der Waals surface area contributed by atoms with E-state index in [2.05, 4.69) is 5.32 Å². The number of hydrogen-bond donors (Lipinski definition) is 4. The smallest absolute Gasteiger partial charge is 0.197 e. The summed E-state index contributed by atoms with van der Waals surface area (Å²) in [6.45, 7) is 2.58. The van der Waals surface area contributed by atoms with Crippen molar-refractivity contribution in [3.05, 3.63) is 23.7 Å². The van der Waals surface area contributed by atoms with Gasteiger partial charge < -0.3 is 15.1 Å². The SMILES string of the molecule is Cc1occc1CCN(C)C(=N)NC(=N)N. The van der Waals surface area contributed by atoms with Crippen LogP contribution in [0.2, 0.25) is 0 Å². The van der Waals surface area contributed by atoms with Gasteiger partial charge in [0.25, 0.3) is 0 Å². The summed E-state index contributed by atoms with van der Waals surface area (Å²) < 4.78 is 5.18. The number of nitrogens with one attached hydrogen (secondary N) is 3. The largest absolute Gasteiger partial charge is 0.469 e. The molecule has 16 heavy (non-hydrogen) atoms. The Balaban J connectivity index is 2.41. The molecular weight excluding hydrogens is 206 g/mol. The molecule has 0 spiro atoms. The highest BCUT2D eigenvalue weighted by Gasteiger charge is 2.07. The summed E-state index contributed by atoms with van der Waals surface area (Å²) in [6, 6.07) is 1.92. The van der Waals surface area contributed by atoms with Crippen molar-refractivity contribution in [2.45, 2.75) is 13.3 Å². The van der Waals surface area contributed by atoms with Crippen LogP contribution in [-0.2, 0) is 6.42 Å². The molecule has 1 rings (SSSR count). The summed E-state index contributed by atoms with van der Waals surface area (Å²) in [6.07, 6.45) is 2.45. The van der Waals surface area contributed by atoms with Crippen LogP contribution in [-0.4, -0.2) is 30.4 Å². The molecule has 0 aliphatic heterocycles. The maximum Gasteiger partial charge on any atom is 0.197 e. The molecule has 0 saturated heterocycles. The number of furan rings is 1. The van der Waals surface area contributed by atoms with Gasteiger partial charge in [-0.15, -0.1) is 0 Å². The van der Waals surface area contributed by atoms with Crippen LogP contribution in [0, 0.1) is 17.7 Å². The number of nitrogens with two attached hydrogens (primary N) is 1. The molecule has 0 bridgehead atoms. The minimum absolute atomic E-state index is 0.119. The van der Waals surface area contributed by atoms with Gasteiger partial charge in [0.15, 0.2) is 11.9 Å². The van der Waals surface area contributed by atoms with Crippen LogP contribution < -0.4 is 11.1 Å². The van der Waals surface area contributed by atoms with Crippen molar-refractivity contribution in [1.82, 2.24) is 10.2 Å². The second-order valence-electron chi connectivity index (χ2n) is 3.56. The molecule has 0 aliphatic carbocycles. The van der Waals surface area contributed by atoms with Crippen LogP contribution in [0.3, 0.4) is 0 Å². The average molecular weight is 223 g/mol. The van der Waals surface area contributed by atoms with Gasteiger partial charge in [0.05, 0.1) is 6.26 Å². The van der Waals surface area contributed by atoms with Crippen LogP contribution in [0.25, 0.3) is 0 Å². The molecule has 0 aromatic carbocycles. The molecule has 6 heteroatoms. The van der Waals surface area contributed by atoms with E-state index in [1.54, 1.807) is 18.2 Å². The summed E-state index contributed by atoms with van der Waals surface area (Å²) in [5.41, 5.74) is 6.26.